The van der Waals surface area contributed by atoms with Crippen LogP contribution >= 0.6 is 15.9 Å². The van der Waals surface area contributed by atoms with Gasteiger partial charge in [0.2, 0.25) is 0 Å². The number of H-pyrrole nitrogens is 2. The van der Waals surface area contributed by atoms with Crippen molar-refractivity contribution in [2.24, 2.45) is 0 Å². The van der Waals surface area contributed by atoms with Crippen LogP contribution in [0.25, 0.3) is 10.9 Å². The molecule has 1 unspecified atom stereocenters. The van der Waals surface area contributed by atoms with E-state index < -0.39 is 0 Å². The third-order valence-corrected chi connectivity index (χ3v) is 7.89. The van der Waals surface area contributed by atoms with E-state index in [0.717, 1.165) is 50.7 Å². The fourth-order valence-electron chi connectivity index (χ4n) is 5.51. The fourth-order valence-corrected chi connectivity index (χ4v) is 5.82. The van der Waals surface area contributed by atoms with E-state index in [1.54, 1.807) is 6.20 Å². The number of halogens is 1. The highest BCUT2D eigenvalue weighted by Gasteiger charge is 2.33. The molecule has 1 fully saturated rings. The number of rotatable bonds is 5. The minimum absolute atomic E-state index is 0.0695. The Morgan fingerprint density at radius 1 is 1.21 bits per heavy atom. The van der Waals surface area contributed by atoms with Gasteiger partial charge in [0.05, 0.1) is 24.0 Å². The number of hydrogen-bond donors (Lipinski definition) is 4. The van der Waals surface area contributed by atoms with Crippen molar-refractivity contribution in [2.75, 3.05) is 18.4 Å². The number of anilines is 1. The lowest BCUT2D eigenvalue weighted by molar-refractivity contribution is 0.127. The van der Waals surface area contributed by atoms with Crippen LogP contribution in [0.2, 0.25) is 0 Å². The van der Waals surface area contributed by atoms with Gasteiger partial charge in [0.15, 0.2) is 0 Å². The summed E-state index contributed by atoms with van der Waals surface area (Å²) in [5.41, 5.74) is 5.20. The molecule has 2 aliphatic heterocycles. The zero-order chi connectivity index (χ0) is 26.2. The van der Waals surface area contributed by atoms with Gasteiger partial charge in [-0.3, -0.25) is 5.10 Å². The van der Waals surface area contributed by atoms with Gasteiger partial charge >= 0.3 is 12.1 Å². The number of imidazole rings is 1. The number of aromatic nitrogens is 4. The molecule has 4 N–H and O–H groups in total. The van der Waals surface area contributed by atoms with Crippen LogP contribution in [-0.2, 0) is 13.0 Å². The van der Waals surface area contributed by atoms with Gasteiger partial charge in [-0.15, -0.1) is 0 Å². The summed E-state index contributed by atoms with van der Waals surface area (Å²) in [7, 11) is 0. The van der Waals surface area contributed by atoms with E-state index in [2.05, 4.69) is 58.9 Å². The molecule has 2 aliphatic rings. The van der Waals surface area contributed by atoms with Crippen molar-refractivity contribution in [2.45, 2.75) is 44.8 Å². The molecule has 0 bridgehead atoms. The molecule has 0 spiro atoms. The maximum atomic E-state index is 13.4. The second-order valence-electron chi connectivity index (χ2n) is 10.0. The van der Waals surface area contributed by atoms with E-state index in [1.807, 2.05) is 47.2 Å². The first-order valence-corrected chi connectivity index (χ1v) is 13.6. The molecule has 2 aromatic heterocycles. The smallest absolute Gasteiger partial charge is 0.322 e. The highest BCUT2D eigenvalue weighted by Crippen LogP contribution is 2.28. The van der Waals surface area contributed by atoms with Crippen molar-refractivity contribution in [1.82, 2.24) is 35.3 Å². The van der Waals surface area contributed by atoms with Crippen LogP contribution in [0.5, 0.6) is 0 Å². The third-order valence-electron chi connectivity index (χ3n) is 7.49. The predicted octanol–water partition coefficient (Wildman–Crippen LogP) is 4.86. The Morgan fingerprint density at radius 2 is 2.03 bits per heavy atom. The zero-order valence-corrected chi connectivity index (χ0v) is 22.6. The lowest BCUT2D eigenvalue weighted by Crippen LogP contribution is -2.53. The van der Waals surface area contributed by atoms with Crippen molar-refractivity contribution in [3.8, 4) is 0 Å². The fraction of sp³-hybridized carbons (Fsp3) is 0.333. The molecule has 4 amide bonds. The standard InChI is InChI=1S/C27H29BrN8O2/c1-16-10-17(11-19-13-30-34-24(16)19)12-22(25-29-14-23(28)33-25)32-26(37)35-8-6-20(7-9-35)36-15-18-4-2-3-5-21(18)31-27(36)38/h2-5,10-11,13-14,20,22H,6-9,12,15H2,1H3,(H,29,33)(H,30,34)(H,31,38)(H,32,37). The Balaban J connectivity index is 1.12. The van der Waals surface area contributed by atoms with E-state index in [9.17, 15) is 9.59 Å². The minimum Gasteiger partial charge on any atom is -0.335 e. The number of amides is 4. The molecule has 1 atom stereocenters. The number of urea groups is 2. The van der Waals surface area contributed by atoms with Crippen molar-refractivity contribution in [3.05, 3.63) is 75.9 Å². The van der Waals surface area contributed by atoms with Gasteiger partial charge in [0.1, 0.15) is 10.4 Å². The number of carbonyl (C=O) groups excluding carboxylic acids is 2. The Labute approximate surface area is 228 Å². The molecule has 1 saturated heterocycles. The maximum Gasteiger partial charge on any atom is 0.322 e. The number of benzene rings is 2. The first kappa shape index (κ1) is 24.5. The summed E-state index contributed by atoms with van der Waals surface area (Å²) in [6, 6.07) is 11.7. The number of hydrogen-bond acceptors (Lipinski definition) is 4. The molecule has 11 heteroatoms. The number of likely N-dealkylation sites (tertiary alicyclic amines) is 1. The Morgan fingerprint density at radius 3 is 2.82 bits per heavy atom. The van der Waals surface area contributed by atoms with Gasteiger partial charge in [0.25, 0.3) is 0 Å². The number of aryl methyl sites for hydroxylation is 1. The molecule has 4 aromatic rings. The van der Waals surface area contributed by atoms with Crippen LogP contribution in [-0.4, -0.2) is 61.2 Å². The van der Waals surface area contributed by atoms with E-state index in [4.69, 9.17) is 0 Å². The Hall–Kier alpha value is -3.86. The molecule has 4 heterocycles. The molecule has 0 radical (unpaired) electrons. The number of aromatic amines is 2. The van der Waals surface area contributed by atoms with Gasteiger partial charge in [-0.25, -0.2) is 14.6 Å². The monoisotopic (exact) mass is 576 g/mol. The lowest BCUT2D eigenvalue weighted by atomic mass is 10.0. The summed E-state index contributed by atoms with van der Waals surface area (Å²) in [5.74, 6) is 0.689. The van der Waals surface area contributed by atoms with Crippen molar-refractivity contribution >= 4 is 44.6 Å². The highest BCUT2D eigenvalue weighted by atomic mass is 79.9. The van der Waals surface area contributed by atoms with Crippen LogP contribution < -0.4 is 10.6 Å². The lowest BCUT2D eigenvalue weighted by Gasteiger charge is -2.40. The number of carbonyl (C=O) groups is 2. The number of piperidine rings is 1. The molecule has 38 heavy (non-hydrogen) atoms. The summed E-state index contributed by atoms with van der Waals surface area (Å²) in [4.78, 5) is 37.6. The Kier molecular flexibility index (Phi) is 6.52. The normalized spacial score (nSPS) is 16.8. The highest BCUT2D eigenvalue weighted by molar-refractivity contribution is 9.10. The molecule has 2 aromatic carbocycles. The van der Waals surface area contributed by atoms with Gasteiger partial charge in [0, 0.05) is 36.7 Å². The van der Waals surface area contributed by atoms with E-state index in [0.29, 0.717) is 31.9 Å². The van der Waals surface area contributed by atoms with Gasteiger partial charge in [-0.2, -0.15) is 5.10 Å². The average Bonchev–Trinajstić information content (AvgIpc) is 3.57. The maximum absolute atomic E-state index is 13.4. The topological polar surface area (TPSA) is 122 Å². The van der Waals surface area contributed by atoms with Crippen molar-refractivity contribution in [3.63, 3.8) is 0 Å². The first-order chi connectivity index (χ1) is 18.4. The molecule has 6 rings (SSSR count). The minimum atomic E-state index is -0.334. The second kappa shape index (κ2) is 10.1. The number of para-hydroxylation sites is 1. The quantitative estimate of drug-likeness (QED) is 0.271. The van der Waals surface area contributed by atoms with Crippen LogP contribution in [0.4, 0.5) is 15.3 Å². The summed E-state index contributed by atoms with van der Waals surface area (Å²) >= 11 is 3.44. The first-order valence-electron chi connectivity index (χ1n) is 12.8. The number of nitrogens with zero attached hydrogens (tertiary/aromatic N) is 4. The predicted molar refractivity (Wildman–Crippen MR) is 148 cm³/mol. The van der Waals surface area contributed by atoms with Gasteiger partial charge < -0.3 is 25.4 Å². The number of fused-ring (bicyclic) bond motifs is 2. The second-order valence-corrected chi connectivity index (χ2v) is 10.9. The molecular formula is C27H29BrN8O2. The molecule has 196 valence electrons. The van der Waals surface area contributed by atoms with Crippen LogP contribution in [0.15, 0.2) is 53.4 Å². The Bertz CT molecular complexity index is 1490. The van der Waals surface area contributed by atoms with Crippen LogP contribution in [0, 0.1) is 6.92 Å². The molecule has 0 saturated carbocycles. The van der Waals surface area contributed by atoms with Gasteiger partial charge in [-0.1, -0.05) is 24.3 Å². The van der Waals surface area contributed by atoms with E-state index >= 15 is 0 Å². The van der Waals surface area contributed by atoms with Crippen molar-refractivity contribution in [1.29, 1.82) is 0 Å². The molecular weight excluding hydrogens is 548 g/mol. The third kappa shape index (κ3) is 4.85. The summed E-state index contributed by atoms with van der Waals surface area (Å²) in [5, 5.41) is 14.4. The van der Waals surface area contributed by atoms with Crippen LogP contribution in [0.3, 0.4) is 0 Å². The molecule has 0 aliphatic carbocycles. The SMILES string of the molecule is Cc1cc(CC(NC(=O)N2CCC(N3Cc4ccccc4NC3=O)CC2)c2ncc(Br)[nH]2)cc2cn[nH]c12. The average molecular weight is 577 g/mol. The summed E-state index contributed by atoms with van der Waals surface area (Å²) < 4.78 is 0.760. The largest absolute Gasteiger partial charge is 0.335 e. The zero-order valence-electron chi connectivity index (χ0n) is 21.0. The molecule has 10 nitrogen and oxygen atoms in total. The van der Waals surface area contributed by atoms with E-state index in [-0.39, 0.29) is 24.1 Å². The van der Waals surface area contributed by atoms with E-state index in [1.165, 1.54) is 0 Å². The van der Waals surface area contributed by atoms with Crippen LogP contribution in [0.1, 0.15) is 41.4 Å². The number of nitrogens with one attached hydrogen (secondary N) is 4. The van der Waals surface area contributed by atoms with Gasteiger partial charge in [-0.05, 0) is 70.9 Å². The van der Waals surface area contributed by atoms with Crippen molar-refractivity contribution < 1.29 is 9.59 Å². The summed E-state index contributed by atoms with van der Waals surface area (Å²) in [6.07, 6.45) is 5.56. The summed E-state index contributed by atoms with van der Waals surface area (Å²) in [6.45, 7) is 3.80.